The Morgan fingerprint density at radius 1 is 1.45 bits per heavy atom. The molecule has 2 heteroatoms. The van der Waals surface area contributed by atoms with Gasteiger partial charge in [0.05, 0.1) is 5.76 Å². The molecule has 64 valence electrons. The number of unbranched alkanes of at least 4 members (excludes halogenated alkanes) is 2. The van der Waals surface area contributed by atoms with Crippen LogP contribution in [0.2, 0.25) is 0 Å². The minimum absolute atomic E-state index is 0.352. The molecule has 0 aliphatic heterocycles. The number of aldehydes is 1. The molecule has 0 fully saturated rings. The molecule has 0 saturated heterocycles. The van der Waals surface area contributed by atoms with Crippen molar-refractivity contribution in [3.8, 4) is 0 Å². The van der Waals surface area contributed by atoms with E-state index in [-0.39, 0.29) is 0 Å². The first-order valence-corrected chi connectivity index (χ1v) is 4.13. The van der Waals surface area contributed by atoms with E-state index in [9.17, 15) is 4.79 Å². The fourth-order valence-electron chi connectivity index (χ4n) is 0.782. The van der Waals surface area contributed by atoms with E-state index in [0.717, 1.165) is 25.5 Å². The summed E-state index contributed by atoms with van der Waals surface area (Å²) >= 11 is 0. The minimum atomic E-state index is 0.352. The van der Waals surface area contributed by atoms with Crippen molar-refractivity contribution in [2.24, 2.45) is 0 Å². The molecule has 0 saturated carbocycles. The first-order valence-electron chi connectivity index (χ1n) is 4.13. The van der Waals surface area contributed by atoms with E-state index in [1.165, 1.54) is 0 Å². The highest BCUT2D eigenvalue weighted by molar-refractivity contribution is 5.49. The van der Waals surface area contributed by atoms with E-state index in [2.05, 4.69) is 6.92 Å². The second-order valence-corrected chi connectivity index (χ2v) is 2.54. The summed E-state index contributed by atoms with van der Waals surface area (Å²) < 4.78 is 0. The molecule has 1 N–H and O–H groups in total. The summed E-state index contributed by atoms with van der Waals surface area (Å²) in [6.07, 6.45) is 6.70. The first kappa shape index (κ1) is 10.2. The average Bonchev–Trinajstić information content (AvgIpc) is 2.01. The van der Waals surface area contributed by atoms with Crippen LogP contribution < -0.4 is 0 Å². The van der Waals surface area contributed by atoms with Gasteiger partial charge in [-0.25, -0.2) is 0 Å². The molecular formula is C9H16O2. The Kier molecular flexibility index (Phi) is 6.79. The monoisotopic (exact) mass is 156 g/mol. The smallest absolute Gasteiger partial charge is 0.120 e. The summed E-state index contributed by atoms with van der Waals surface area (Å²) in [7, 11) is 0. The van der Waals surface area contributed by atoms with Gasteiger partial charge in [0, 0.05) is 12.8 Å². The maximum absolute atomic E-state index is 9.90. The third-order valence-electron chi connectivity index (χ3n) is 1.46. The number of aliphatic hydroxyl groups is 1. The highest BCUT2D eigenvalue weighted by Gasteiger charge is 1.90. The van der Waals surface area contributed by atoms with Gasteiger partial charge >= 0.3 is 0 Å². The lowest BCUT2D eigenvalue weighted by Crippen LogP contribution is -1.83. The molecule has 0 spiro atoms. The predicted octanol–water partition coefficient (Wildman–Crippen LogP) is 2.60. The van der Waals surface area contributed by atoms with E-state index in [1.54, 1.807) is 6.08 Å². The van der Waals surface area contributed by atoms with Gasteiger partial charge in [0.25, 0.3) is 0 Å². The predicted molar refractivity (Wildman–Crippen MR) is 45.5 cm³/mol. The van der Waals surface area contributed by atoms with Crippen molar-refractivity contribution in [1.82, 2.24) is 0 Å². The highest BCUT2D eigenvalue weighted by atomic mass is 16.3. The third-order valence-corrected chi connectivity index (χ3v) is 1.46. The summed E-state index contributed by atoms with van der Waals surface area (Å²) in [4.78, 5) is 9.90. The van der Waals surface area contributed by atoms with Gasteiger partial charge in [-0.2, -0.15) is 0 Å². The minimum Gasteiger partial charge on any atom is -0.513 e. The van der Waals surface area contributed by atoms with Crippen LogP contribution in [-0.2, 0) is 4.79 Å². The Morgan fingerprint density at radius 2 is 2.18 bits per heavy atom. The Labute approximate surface area is 67.9 Å². The molecule has 0 aliphatic carbocycles. The molecule has 2 nitrogen and oxygen atoms in total. The third kappa shape index (κ3) is 7.10. The van der Waals surface area contributed by atoms with Gasteiger partial charge in [-0.1, -0.05) is 13.3 Å². The normalized spacial score (nSPS) is 11.5. The summed E-state index contributed by atoms with van der Waals surface area (Å²) in [5.41, 5.74) is 0. The highest BCUT2D eigenvalue weighted by Crippen LogP contribution is 2.03. The molecule has 0 aromatic carbocycles. The molecule has 0 radical (unpaired) electrons. The summed E-state index contributed by atoms with van der Waals surface area (Å²) in [5, 5.41) is 9.11. The number of rotatable bonds is 6. The van der Waals surface area contributed by atoms with Gasteiger partial charge in [-0.05, 0) is 18.9 Å². The van der Waals surface area contributed by atoms with Crippen molar-refractivity contribution < 1.29 is 9.90 Å². The zero-order chi connectivity index (χ0) is 8.53. The summed E-state index contributed by atoms with van der Waals surface area (Å²) in [6.45, 7) is 2.11. The Morgan fingerprint density at radius 3 is 2.73 bits per heavy atom. The summed E-state index contributed by atoms with van der Waals surface area (Å²) in [5.74, 6) is 0.352. The van der Waals surface area contributed by atoms with Crippen molar-refractivity contribution in [2.45, 2.75) is 39.0 Å². The van der Waals surface area contributed by atoms with Gasteiger partial charge in [-0.3, -0.25) is 0 Å². The van der Waals surface area contributed by atoms with Crippen molar-refractivity contribution in [3.63, 3.8) is 0 Å². The maximum Gasteiger partial charge on any atom is 0.120 e. The standard InChI is InChI=1S/C9H16O2/c1-2-3-4-6-9(11)7-5-8-10/h6,8,11H,2-5,7H2,1H3/b9-6-. The zero-order valence-corrected chi connectivity index (χ0v) is 7.05. The van der Waals surface area contributed by atoms with Gasteiger partial charge in [0.1, 0.15) is 6.29 Å². The molecule has 0 aromatic rings. The van der Waals surface area contributed by atoms with Crippen LogP contribution in [-0.4, -0.2) is 11.4 Å². The van der Waals surface area contributed by atoms with E-state index in [4.69, 9.17) is 5.11 Å². The largest absolute Gasteiger partial charge is 0.513 e. The second kappa shape index (κ2) is 7.32. The topological polar surface area (TPSA) is 37.3 Å². The molecule has 0 rings (SSSR count). The molecule has 0 atom stereocenters. The molecule has 0 aromatic heterocycles. The van der Waals surface area contributed by atoms with E-state index in [0.29, 0.717) is 18.6 Å². The lowest BCUT2D eigenvalue weighted by Gasteiger charge is -1.94. The molecule has 0 aliphatic rings. The molecule has 0 bridgehead atoms. The Balaban J connectivity index is 3.37. The molecular weight excluding hydrogens is 140 g/mol. The lowest BCUT2D eigenvalue weighted by atomic mass is 10.2. The molecule has 0 amide bonds. The van der Waals surface area contributed by atoms with Crippen LogP contribution in [0.1, 0.15) is 39.0 Å². The number of aliphatic hydroxyl groups excluding tert-OH is 1. The first-order chi connectivity index (χ1) is 5.31. The fraction of sp³-hybridized carbons (Fsp3) is 0.667. The van der Waals surface area contributed by atoms with Crippen molar-refractivity contribution >= 4 is 6.29 Å². The number of allylic oxidation sites excluding steroid dienone is 2. The molecule has 0 heterocycles. The second-order valence-electron chi connectivity index (χ2n) is 2.54. The van der Waals surface area contributed by atoms with Gasteiger partial charge < -0.3 is 9.90 Å². The zero-order valence-electron chi connectivity index (χ0n) is 7.05. The quantitative estimate of drug-likeness (QED) is 0.364. The van der Waals surface area contributed by atoms with E-state index < -0.39 is 0 Å². The number of hydrogen-bond donors (Lipinski definition) is 1. The Bertz CT molecular complexity index is 128. The van der Waals surface area contributed by atoms with Crippen LogP contribution in [0.25, 0.3) is 0 Å². The van der Waals surface area contributed by atoms with Crippen LogP contribution in [0.15, 0.2) is 11.8 Å². The molecule has 11 heavy (non-hydrogen) atoms. The van der Waals surface area contributed by atoms with Crippen LogP contribution >= 0.6 is 0 Å². The van der Waals surface area contributed by atoms with Crippen LogP contribution in [0.4, 0.5) is 0 Å². The number of carbonyl (C=O) groups excluding carboxylic acids is 1. The van der Waals surface area contributed by atoms with Gasteiger partial charge in [0.15, 0.2) is 0 Å². The average molecular weight is 156 g/mol. The lowest BCUT2D eigenvalue weighted by molar-refractivity contribution is -0.107. The van der Waals surface area contributed by atoms with Crippen LogP contribution in [0, 0.1) is 0 Å². The van der Waals surface area contributed by atoms with Crippen molar-refractivity contribution in [1.29, 1.82) is 0 Å². The van der Waals surface area contributed by atoms with Crippen molar-refractivity contribution in [3.05, 3.63) is 11.8 Å². The van der Waals surface area contributed by atoms with Crippen LogP contribution in [0.5, 0.6) is 0 Å². The van der Waals surface area contributed by atoms with Crippen LogP contribution in [0.3, 0.4) is 0 Å². The number of carbonyl (C=O) groups is 1. The molecule has 0 unspecified atom stereocenters. The maximum atomic E-state index is 9.90. The Hall–Kier alpha value is -0.790. The number of hydrogen-bond acceptors (Lipinski definition) is 2. The van der Waals surface area contributed by atoms with E-state index in [1.807, 2.05) is 0 Å². The summed E-state index contributed by atoms with van der Waals surface area (Å²) in [6, 6.07) is 0. The van der Waals surface area contributed by atoms with Crippen molar-refractivity contribution in [2.75, 3.05) is 0 Å². The van der Waals surface area contributed by atoms with E-state index >= 15 is 0 Å². The fourth-order valence-corrected chi connectivity index (χ4v) is 0.782. The SMILES string of the molecule is CCCC/C=C(\O)CCC=O. The van der Waals surface area contributed by atoms with Gasteiger partial charge in [-0.15, -0.1) is 0 Å². The van der Waals surface area contributed by atoms with Gasteiger partial charge in [0.2, 0.25) is 0 Å².